The molecule has 1 aliphatic rings. The van der Waals surface area contributed by atoms with Crippen LogP contribution in [-0.2, 0) is 20.8 Å². The summed E-state index contributed by atoms with van der Waals surface area (Å²) < 4.78 is 15.0. The first-order valence-corrected chi connectivity index (χ1v) is 5.39. The molecule has 17 heavy (non-hydrogen) atoms. The van der Waals surface area contributed by atoms with Crippen LogP contribution in [0.3, 0.4) is 0 Å². The molecule has 5 heteroatoms. The molecule has 0 aliphatic carbocycles. The summed E-state index contributed by atoms with van der Waals surface area (Å²) in [5.74, 6) is 0. The van der Waals surface area contributed by atoms with Gasteiger partial charge >= 0.3 is 6.16 Å². The lowest BCUT2D eigenvalue weighted by molar-refractivity contribution is -0.0602. The molecule has 1 fully saturated rings. The predicted octanol–water partition coefficient (Wildman–Crippen LogP) is 1.10. The SMILES string of the molecule is O=C1OCC(C(CO)OCc2ccccc2)O1. The van der Waals surface area contributed by atoms with E-state index in [1.54, 1.807) is 0 Å². The maximum Gasteiger partial charge on any atom is 0.508 e. The van der Waals surface area contributed by atoms with Crippen molar-refractivity contribution in [3.8, 4) is 0 Å². The Bertz CT molecular complexity index is 364. The highest BCUT2D eigenvalue weighted by Crippen LogP contribution is 2.14. The quantitative estimate of drug-likeness (QED) is 0.778. The number of cyclic esters (lactones) is 2. The minimum absolute atomic E-state index is 0.124. The van der Waals surface area contributed by atoms with Gasteiger partial charge in [0.1, 0.15) is 12.7 Å². The van der Waals surface area contributed by atoms with E-state index in [-0.39, 0.29) is 13.2 Å². The van der Waals surface area contributed by atoms with Crippen molar-refractivity contribution in [2.24, 2.45) is 0 Å². The van der Waals surface area contributed by atoms with Crippen molar-refractivity contribution in [3.63, 3.8) is 0 Å². The highest BCUT2D eigenvalue weighted by molar-refractivity contribution is 5.61. The van der Waals surface area contributed by atoms with Gasteiger partial charge in [-0.15, -0.1) is 0 Å². The van der Waals surface area contributed by atoms with Crippen LogP contribution in [0.2, 0.25) is 0 Å². The molecule has 1 heterocycles. The summed E-state index contributed by atoms with van der Waals surface area (Å²) in [6.45, 7) is 0.271. The zero-order valence-corrected chi connectivity index (χ0v) is 9.24. The molecular formula is C12H14O5. The third-order valence-electron chi connectivity index (χ3n) is 2.51. The lowest BCUT2D eigenvalue weighted by atomic mass is 10.2. The highest BCUT2D eigenvalue weighted by Gasteiger charge is 2.33. The van der Waals surface area contributed by atoms with Gasteiger partial charge in [0.2, 0.25) is 0 Å². The fourth-order valence-corrected chi connectivity index (χ4v) is 1.58. The molecule has 5 nitrogen and oxygen atoms in total. The van der Waals surface area contributed by atoms with E-state index >= 15 is 0 Å². The van der Waals surface area contributed by atoms with Crippen LogP contribution in [0, 0.1) is 0 Å². The molecule has 1 saturated heterocycles. The molecule has 0 aromatic heterocycles. The topological polar surface area (TPSA) is 65.0 Å². The fraction of sp³-hybridized carbons (Fsp3) is 0.417. The van der Waals surface area contributed by atoms with Crippen LogP contribution < -0.4 is 0 Å². The Morgan fingerprint density at radius 3 is 2.76 bits per heavy atom. The molecule has 2 rings (SSSR count). The van der Waals surface area contributed by atoms with Crippen molar-refractivity contribution in [2.45, 2.75) is 18.8 Å². The average Bonchev–Trinajstić information content (AvgIpc) is 2.78. The van der Waals surface area contributed by atoms with Crippen LogP contribution in [0.5, 0.6) is 0 Å². The van der Waals surface area contributed by atoms with E-state index in [0.717, 1.165) is 5.56 Å². The third-order valence-corrected chi connectivity index (χ3v) is 2.51. The van der Waals surface area contributed by atoms with Gasteiger partial charge in [0.15, 0.2) is 6.10 Å². The first-order valence-electron chi connectivity index (χ1n) is 5.39. The minimum Gasteiger partial charge on any atom is -0.430 e. The normalized spacial score (nSPS) is 20.8. The van der Waals surface area contributed by atoms with E-state index in [1.807, 2.05) is 30.3 Å². The second-order valence-electron chi connectivity index (χ2n) is 3.73. The average molecular weight is 238 g/mol. The van der Waals surface area contributed by atoms with Gasteiger partial charge in [0, 0.05) is 0 Å². The van der Waals surface area contributed by atoms with E-state index in [2.05, 4.69) is 4.74 Å². The minimum atomic E-state index is -0.711. The molecular weight excluding hydrogens is 224 g/mol. The number of benzene rings is 1. The molecule has 1 aliphatic heterocycles. The Morgan fingerprint density at radius 2 is 2.18 bits per heavy atom. The standard InChI is InChI=1S/C12H14O5/c13-6-10(11-8-16-12(14)17-11)15-7-9-4-2-1-3-5-9/h1-5,10-11,13H,6-8H2. The lowest BCUT2D eigenvalue weighted by Crippen LogP contribution is -2.34. The van der Waals surface area contributed by atoms with Crippen molar-refractivity contribution in [3.05, 3.63) is 35.9 Å². The van der Waals surface area contributed by atoms with Crippen molar-refractivity contribution in [1.82, 2.24) is 0 Å². The number of hydrogen-bond donors (Lipinski definition) is 1. The summed E-state index contributed by atoms with van der Waals surface area (Å²) in [5.41, 5.74) is 0.996. The number of aliphatic hydroxyl groups is 1. The molecule has 2 unspecified atom stereocenters. The first kappa shape index (κ1) is 11.9. The Morgan fingerprint density at radius 1 is 1.41 bits per heavy atom. The monoisotopic (exact) mass is 238 g/mol. The zero-order valence-electron chi connectivity index (χ0n) is 9.24. The molecule has 92 valence electrons. The molecule has 1 N–H and O–H groups in total. The molecule has 2 atom stereocenters. The Balaban J connectivity index is 1.86. The zero-order chi connectivity index (χ0) is 12.1. The number of carbonyl (C=O) groups excluding carboxylic acids is 1. The van der Waals surface area contributed by atoms with Gasteiger partial charge < -0.3 is 19.3 Å². The van der Waals surface area contributed by atoms with E-state index in [1.165, 1.54) is 0 Å². The van der Waals surface area contributed by atoms with Gasteiger partial charge in [0.25, 0.3) is 0 Å². The van der Waals surface area contributed by atoms with Crippen LogP contribution in [0.15, 0.2) is 30.3 Å². The van der Waals surface area contributed by atoms with Crippen molar-refractivity contribution >= 4 is 6.16 Å². The van der Waals surface area contributed by atoms with Crippen molar-refractivity contribution in [2.75, 3.05) is 13.2 Å². The largest absolute Gasteiger partial charge is 0.508 e. The van der Waals surface area contributed by atoms with E-state index in [0.29, 0.717) is 6.61 Å². The van der Waals surface area contributed by atoms with Crippen LogP contribution >= 0.6 is 0 Å². The molecule has 0 spiro atoms. The summed E-state index contributed by atoms with van der Waals surface area (Å²) in [7, 11) is 0. The summed E-state index contributed by atoms with van der Waals surface area (Å²) in [6, 6.07) is 9.58. The second-order valence-corrected chi connectivity index (χ2v) is 3.73. The Kier molecular flexibility index (Phi) is 3.95. The summed E-state index contributed by atoms with van der Waals surface area (Å²) in [5, 5.41) is 9.18. The van der Waals surface area contributed by atoms with Gasteiger partial charge in [-0.2, -0.15) is 0 Å². The maximum absolute atomic E-state index is 10.8. The van der Waals surface area contributed by atoms with Crippen LogP contribution in [0.1, 0.15) is 5.56 Å². The van der Waals surface area contributed by atoms with Crippen LogP contribution in [-0.4, -0.2) is 36.7 Å². The van der Waals surface area contributed by atoms with Gasteiger partial charge in [-0.05, 0) is 5.56 Å². The number of hydrogen-bond acceptors (Lipinski definition) is 5. The third kappa shape index (κ3) is 3.18. The number of ether oxygens (including phenoxy) is 3. The van der Waals surface area contributed by atoms with E-state index < -0.39 is 18.4 Å². The van der Waals surface area contributed by atoms with Crippen molar-refractivity contribution in [1.29, 1.82) is 0 Å². The van der Waals surface area contributed by atoms with Gasteiger partial charge in [0.05, 0.1) is 13.2 Å². The molecule has 0 radical (unpaired) electrons. The van der Waals surface area contributed by atoms with Crippen molar-refractivity contribution < 1.29 is 24.1 Å². The summed E-state index contributed by atoms with van der Waals surface area (Å²) in [6.07, 6.45) is -1.80. The molecule has 1 aromatic carbocycles. The second kappa shape index (κ2) is 5.65. The fourth-order valence-electron chi connectivity index (χ4n) is 1.58. The van der Waals surface area contributed by atoms with Gasteiger partial charge in [-0.1, -0.05) is 30.3 Å². The molecule has 0 bridgehead atoms. The number of carbonyl (C=O) groups is 1. The van der Waals surface area contributed by atoms with Crippen LogP contribution in [0.25, 0.3) is 0 Å². The summed E-state index contributed by atoms with van der Waals surface area (Å²) >= 11 is 0. The number of rotatable bonds is 5. The first-order chi connectivity index (χ1) is 8.29. The lowest BCUT2D eigenvalue weighted by Gasteiger charge is -2.18. The Hall–Kier alpha value is -1.59. The predicted molar refractivity (Wildman–Crippen MR) is 58.3 cm³/mol. The smallest absolute Gasteiger partial charge is 0.430 e. The molecule has 1 aromatic rings. The maximum atomic E-state index is 10.8. The van der Waals surface area contributed by atoms with Gasteiger partial charge in [-0.25, -0.2) is 4.79 Å². The van der Waals surface area contributed by atoms with E-state index in [9.17, 15) is 9.90 Å². The van der Waals surface area contributed by atoms with Crippen LogP contribution in [0.4, 0.5) is 4.79 Å². The van der Waals surface area contributed by atoms with E-state index in [4.69, 9.17) is 9.47 Å². The Labute approximate surface area is 98.9 Å². The number of aliphatic hydroxyl groups excluding tert-OH is 1. The molecule has 0 amide bonds. The molecule has 0 saturated carbocycles. The van der Waals surface area contributed by atoms with Gasteiger partial charge in [-0.3, -0.25) is 0 Å². The summed E-state index contributed by atoms with van der Waals surface area (Å²) in [4.78, 5) is 10.8. The highest BCUT2D eigenvalue weighted by atomic mass is 16.8.